The highest BCUT2D eigenvalue weighted by Crippen LogP contribution is 2.41. The molecule has 1 fully saturated rings. The standard InChI is InChI=1S/C16H14F2N4O4S/c17-16(18)25-12-4-3-10(7-13(12)26-16)22-9-11(8-19-24)27-15(22)20-14(23)21-5-1-2-6-21/h3-4,7-9,24H,1-2,5-6H2/b19-8-,20-15?. The molecule has 0 spiro atoms. The third kappa shape index (κ3) is 3.50. The molecular formula is C16H14F2N4O4S. The number of fused-ring (bicyclic) bond motifs is 1. The van der Waals surface area contributed by atoms with E-state index in [2.05, 4.69) is 19.6 Å². The monoisotopic (exact) mass is 396 g/mol. The molecule has 2 aromatic rings. The van der Waals surface area contributed by atoms with Gasteiger partial charge in [-0.2, -0.15) is 4.99 Å². The Balaban J connectivity index is 1.75. The van der Waals surface area contributed by atoms with E-state index in [1.165, 1.54) is 29.0 Å². The lowest BCUT2D eigenvalue weighted by atomic mass is 10.3. The van der Waals surface area contributed by atoms with Gasteiger partial charge in [-0.3, -0.25) is 4.57 Å². The maximum atomic E-state index is 13.2. The van der Waals surface area contributed by atoms with Crippen molar-refractivity contribution in [3.8, 4) is 17.2 Å². The molecule has 2 aliphatic rings. The number of benzene rings is 1. The molecule has 1 N–H and O–H groups in total. The van der Waals surface area contributed by atoms with Crippen molar-refractivity contribution in [3.63, 3.8) is 0 Å². The molecule has 0 aliphatic carbocycles. The quantitative estimate of drug-likeness (QED) is 0.480. The zero-order chi connectivity index (χ0) is 19.0. The van der Waals surface area contributed by atoms with E-state index in [0.29, 0.717) is 28.5 Å². The van der Waals surface area contributed by atoms with Gasteiger partial charge in [0.05, 0.1) is 16.8 Å². The van der Waals surface area contributed by atoms with Crippen LogP contribution in [0.2, 0.25) is 0 Å². The fourth-order valence-corrected chi connectivity index (χ4v) is 3.74. The average Bonchev–Trinajstić information content (AvgIpc) is 3.31. The van der Waals surface area contributed by atoms with Gasteiger partial charge in [-0.1, -0.05) is 16.5 Å². The van der Waals surface area contributed by atoms with Crippen LogP contribution in [0.4, 0.5) is 13.6 Å². The van der Waals surface area contributed by atoms with Crippen molar-refractivity contribution in [2.24, 2.45) is 10.1 Å². The number of ether oxygens (including phenoxy) is 2. The molecule has 2 aliphatic heterocycles. The van der Waals surface area contributed by atoms with E-state index in [0.717, 1.165) is 24.2 Å². The molecule has 4 rings (SSSR count). The van der Waals surface area contributed by atoms with Gasteiger partial charge in [0.15, 0.2) is 16.3 Å². The molecule has 11 heteroatoms. The average molecular weight is 396 g/mol. The molecule has 0 atom stereocenters. The predicted octanol–water partition coefficient (Wildman–Crippen LogP) is 2.78. The Morgan fingerprint density at radius 1 is 1.26 bits per heavy atom. The maximum absolute atomic E-state index is 13.2. The molecule has 0 bridgehead atoms. The van der Waals surface area contributed by atoms with E-state index < -0.39 is 6.29 Å². The Morgan fingerprint density at radius 3 is 2.74 bits per heavy atom. The van der Waals surface area contributed by atoms with Crippen LogP contribution in [-0.2, 0) is 0 Å². The number of carbonyl (C=O) groups excluding carboxylic acids is 1. The molecular weight excluding hydrogens is 382 g/mol. The number of thiazole rings is 1. The highest BCUT2D eigenvalue weighted by molar-refractivity contribution is 7.11. The topological polar surface area (TPSA) is 88.6 Å². The first kappa shape index (κ1) is 17.5. The normalized spacial score (nSPS) is 18.6. The van der Waals surface area contributed by atoms with Crippen LogP contribution < -0.4 is 14.3 Å². The van der Waals surface area contributed by atoms with Crippen molar-refractivity contribution in [2.75, 3.05) is 13.1 Å². The number of hydrogen-bond donors (Lipinski definition) is 1. The second kappa shape index (κ2) is 6.65. The van der Waals surface area contributed by atoms with E-state index in [1.54, 1.807) is 11.1 Å². The van der Waals surface area contributed by atoms with Gasteiger partial charge < -0.3 is 19.6 Å². The van der Waals surface area contributed by atoms with Crippen molar-refractivity contribution in [2.45, 2.75) is 19.1 Å². The van der Waals surface area contributed by atoms with Gasteiger partial charge >= 0.3 is 12.3 Å². The first-order valence-electron chi connectivity index (χ1n) is 8.09. The molecule has 1 aromatic heterocycles. The van der Waals surface area contributed by atoms with Crippen molar-refractivity contribution >= 4 is 23.6 Å². The van der Waals surface area contributed by atoms with Crippen LogP contribution in [0.3, 0.4) is 0 Å². The minimum atomic E-state index is -3.71. The molecule has 2 amide bonds. The van der Waals surface area contributed by atoms with Crippen LogP contribution in [0.25, 0.3) is 5.69 Å². The first-order valence-corrected chi connectivity index (χ1v) is 8.91. The highest BCUT2D eigenvalue weighted by Gasteiger charge is 2.43. The summed E-state index contributed by atoms with van der Waals surface area (Å²) in [4.78, 5) is 19.0. The molecule has 8 nitrogen and oxygen atoms in total. The predicted molar refractivity (Wildman–Crippen MR) is 91.0 cm³/mol. The number of carbonyl (C=O) groups is 1. The minimum absolute atomic E-state index is 0.0802. The van der Waals surface area contributed by atoms with Crippen LogP contribution in [0.1, 0.15) is 17.7 Å². The summed E-state index contributed by atoms with van der Waals surface area (Å²) in [5, 5.41) is 11.7. The summed E-state index contributed by atoms with van der Waals surface area (Å²) in [6.45, 7) is 1.30. The number of urea groups is 1. The van der Waals surface area contributed by atoms with Gasteiger partial charge in [0.25, 0.3) is 0 Å². The number of amides is 2. The Hall–Kier alpha value is -2.95. The number of oxime groups is 1. The molecule has 0 saturated carbocycles. The number of nitrogens with zero attached hydrogens (tertiary/aromatic N) is 4. The number of aromatic nitrogens is 1. The number of hydrogen-bond acceptors (Lipinski definition) is 6. The van der Waals surface area contributed by atoms with E-state index in [1.807, 2.05) is 0 Å². The highest BCUT2D eigenvalue weighted by atomic mass is 32.1. The maximum Gasteiger partial charge on any atom is 0.586 e. The number of likely N-dealkylation sites (tertiary alicyclic amines) is 1. The van der Waals surface area contributed by atoms with Gasteiger partial charge in [0.1, 0.15) is 0 Å². The van der Waals surface area contributed by atoms with E-state index in [-0.39, 0.29) is 17.5 Å². The Kier molecular flexibility index (Phi) is 4.30. The Labute approximate surface area is 155 Å². The summed E-state index contributed by atoms with van der Waals surface area (Å²) in [5.41, 5.74) is 0.442. The van der Waals surface area contributed by atoms with Crippen LogP contribution >= 0.6 is 11.3 Å². The zero-order valence-electron chi connectivity index (χ0n) is 13.8. The summed E-state index contributed by atoms with van der Waals surface area (Å²) >= 11 is 1.12. The fraction of sp³-hybridized carbons (Fsp3) is 0.312. The second-order valence-electron chi connectivity index (χ2n) is 5.92. The largest absolute Gasteiger partial charge is 0.586 e. The lowest BCUT2D eigenvalue weighted by molar-refractivity contribution is -0.286. The zero-order valence-corrected chi connectivity index (χ0v) is 14.7. The molecule has 1 aromatic carbocycles. The van der Waals surface area contributed by atoms with Gasteiger partial charge in [-0.05, 0) is 25.0 Å². The summed E-state index contributed by atoms with van der Waals surface area (Å²) in [6, 6.07) is 3.88. The Bertz CT molecular complexity index is 979. The summed E-state index contributed by atoms with van der Waals surface area (Å²) in [6.07, 6.45) is 0.931. The summed E-state index contributed by atoms with van der Waals surface area (Å²) < 4.78 is 36.9. The SMILES string of the molecule is O=C(N=c1sc(/C=N\O)cn1-c1ccc2c(c1)OC(F)(F)O2)N1CCCC1. The minimum Gasteiger partial charge on any atom is -0.411 e. The lowest BCUT2D eigenvalue weighted by Crippen LogP contribution is -2.27. The van der Waals surface area contributed by atoms with Gasteiger partial charge in [-0.15, -0.1) is 8.78 Å². The molecule has 1 saturated heterocycles. The lowest BCUT2D eigenvalue weighted by Gasteiger charge is -2.10. The van der Waals surface area contributed by atoms with E-state index >= 15 is 0 Å². The molecule has 0 radical (unpaired) electrons. The van der Waals surface area contributed by atoms with E-state index in [9.17, 15) is 13.6 Å². The van der Waals surface area contributed by atoms with Crippen molar-refractivity contribution in [1.29, 1.82) is 0 Å². The molecule has 0 unspecified atom stereocenters. The fourth-order valence-electron chi connectivity index (χ4n) is 2.89. The van der Waals surface area contributed by atoms with Crippen molar-refractivity contribution < 1.29 is 28.3 Å². The number of halogens is 2. The van der Waals surface area contributed by atoms with E-state index in [4.69, 9.17) is 5.21 Å². The van der Waals surface area contributed by atoms with Crippen molar-refractivity contribution in [1.82, 2.24) is 9.47 Å². The molecule has 3 heterocycles. The van der Waals surface area contributed by atoms with Crippen LogP contribution in [-0.4, -0.2) is 46.3 Å². The van der Waals surface area contributed by atoms with Gasteiger partial charge in [-0.25, -0.2) is 4.79 Å². The van der Waals surface area contributed by atoms with Gasteiger partial charge in [0.2, 0.25) is 0 Å². The first-order chi connectivity index (χ1) is 12.9. The third-order valence-electron chi connectivity index (χ3n) is 4.09. The van der Waals surface area contributed by atoms with Crippen LogP contribution in [0.15, 0.2) is 34.5 Å². The summed E-state index contributed by atoms with van der Waals surface area (Å²) in [5.74, 6) is -0.200. The van der Waals surface area contributed by atoms with Crippen molar-refractivity contribution in [3.05, 3.63) is 34.1 Å². The van der Waals surface area contributed by atoms with Gasteiger partial charge in [0, 0.05) is 25.4 Å². The molecule has 27 heavy (non-hydrogen) atoms. The van der Waals surface area contributed by atoms with Crippen LogP contribution in [0, 0.1) is 0 Å². The van der Waals surface area contributed by atoms with Crippen LogP contribution in [0.5, 0.6) is 11.5 Å². The Morgan fingerprint density at radius 2 is 2.00 bits per heavy atom. The second-order valence-corrected chi connectivity index (χ2v) is 6.96. The number of rotatable bonds is 2. The number of alkyl halides is 2. The molecule has 142 valence electrons. The smallest absolute Gasteiger partial charge is 0.411 e. The summed E-state index contributed by atoms with van der Waals surface area (Å²) in [7, 11) is 0. The third-order valence-corrected chi connectivity index (χ3v) is 5.00.